The second kappa shape index (κ2) is 8.35. The van der Waals surface area contributed by atoms with E-state index in [-0.39, 0.29) is 5.91 Å². The molecule has 1 amide bonds. The molecule has 3 heterocycles. The number of rotatable bonds is 5. The molecule has 1 fully saturated rings. The van der Waals surface area contributed by atoms with Crippen molar-refractivity contribution in [2.24, 2.45) is 0 Å². The molecule has 0 unspecified atom stereocenters. The minimum Gasteiger partial charge on any atom is -0.467 e. The Kier molecular flexibility index (Phi) is 5.48. The Morgan fingerprint density at radius 2 is 1.82 bits per heavy atom. The van der Waals surface area contributed by atoms with E-state index < -0.39 is 0 Å². The molecule has 144 valence electrons. The molecule has 1 aliphatic rings. The summed E-state index contributed by atoms with van der Waals surface area (Å²) in [6.45, 7) is 3.94. The number of carbonyl (C=O) groups is 1. The van der Waals surface area contributed by atoms with Gasteiger partial charge < -0.3 is 19.5 Å². The van der Waals surface area contributed by atoms with Gasteiger partial charge in [0, 0.05) is 36.9 Å². The van der Waals surface area contributed by atoms with Gasteiger partial charge in [-0.25, -0.2) is 4.98 Å². The molecule has 1 aliphatic heterocycles. The van der Waals surface area contributed by atoms with Crippen molar-refractivity contribution in [1.29, 1.82) is 0 Å². The van der Waals surface area contributed by atoms with E-state index in [1.165, 1.54) is 0 Å². The maximum atomic E-state index is 12.2. The maximum Gasteiger partial charge on any atom is 0.270 e. The maximum absolute atomic E-state index is 12.2. The summed E-state index contributed by atoms with van der Waals surface area (Å²) in [5.74, 6) is 0.497. The standard InChI is InChI=1S/C21H21ClN4O2/c22-16-3-1-4-17(13-16)25-8-10-26(11-9-25)18-6-7-20(23-14-18)21(27)24-15-19-5-2-12-28-19/h1-7,12-14H,8-11,15H2,(H,24,27). The lowest BCUT2D eigenvalue weighted by molar-refractivity contribution is 0.0943. The second-order valence-electron chi connectivity index (χ2n) is 6.62. The van der Waals surface area contributed by atoms with Gasteiger partial charge in [-0.2, -0.15) is 0 Å². The molecule has 0 bridgehead atoms. The molecule has 4 rings (SSSR count). The van der Waals surface area contributed by atoms with E-state index in [0.29, 0.717) is 18.0 Å². The minimum atomic E-state index is -0.214. The number of anilines is 2. The van der Waals surface area contributed by atoms with Gasteiger partial charge in [-0.1, -0.05) is 17.7 Å². The third-order valence-electron chi connectivity index (χ3n) is 4.80. The van der Waals surface area contributed by atoms with E-state index in [4.69, 9.17) is 16.0 Å². The summed E-state index contributed by atoms with van der Waals surface area (Å²) in [5, 5.41) is 3.56. The molecule has 2 aromatic heterocycles. The lowest BCUT2D eigenvalue weighted by Crippen LogP contribution is -2.46. The number of amides is 1. The number of nitrogens with zero attached hydrogens (tertiary/aromatic N) is 3. The van der Waals surface area contributed by atoms with Crippen LogP contribution in [-0.2, 0) is 6.54 Å². The molecule has 6 nitrogen and oxygen atoms in total. The summed E-state index contributed by atoms with van der Waals surface area (Å²) in [5.41, 5.74) is 2.56. The summed E-state index contributed by atoms with van der Waals surface area (Å²) in [7, 11) is 0. The van der Waals surface area contributed by atoms with Crippen LogP contribution in [0.1, 0.15) is 16.2 Å². The van der Waals surface area contributed by atoms with Crippen LogP contribution in [0.4, 0.5) is 11.4 Å². The number of pyridine rings is 1. The largest absolute Gasteiger partial charge is 0.467 e. The van der Waals surface area contributed by atoms with Crippen molar-refractivity contribution in [3.05, 3.63) is 77.5 Å². The Labute approximate surface area is 168 Å². The molecular formula is C21H21ClN4O2. The number of benzene rings is 1. The van der Waals surface area contributed by atoms with Crippen LogP contribution in [-0.4, -0.2) is 37.1 Å². The van der Waals surface area contributed by atoms with Gasteiger partial charge in [0.2, 0.25) is 0 Å². The predicted octanol–water partition coefficient (Wildman–Crippen LogP) is 3.58. The van der Waals surface area contributed by atoms with Crippen molar-refractivity contribution in [3.63, 3.8) is 0 Å². The highest BCUT2D eigenvalue weighted by Crippen LogP contribution is 2.22. The van der Waals surface area contributed by atoms with Crippen LogP contribution in [0.25, 0.3) is 0 Å². The van der Waals surface area contributed by atoms with Crippen LogP contribution >= 0.6 is 11.6 Å². The molecule has 0 radical (unpaired) electrons. The molecular weight excluding hydrogens is 376 g/mol. The number of hydrogen-bond acceptors (Lipinski definition) is 5. The van der Waals surface area contributed by atoms with Crippen molar-refractivity contribution in [3.8, 4) is 0 Å². The second-order valence-corrected chi connectivity index (χ2v) is 7.05. The molecule has 0 saturated carbocycles. The fourth-order valence-electron chi connectivity index (χ4n) is 3.27. The SMILES string of the molecule is O=C(NCc1ccco1)c1ccc(N2CCN(c3cccc(Cl)c3)CC2)cn1. The van der Waals surface area contributed by atoms with Gasteiger partial charge >= 0.3 is 0 Å². The van der Waals surface area contributed by atoms with Crippen molar-refractivity contribution in [1.82, 2.24) is 10.3 Å². The topological polar surface area (TPSA) is 61.6 Å². The smallest absolute Gasteiger partial charge is 0.270 e. The number of carbonyl (C=O) groups excluding carboxylic acids is 1. The number of aromatic nitrogens is 1. The molecule has 3 aromatic rings. The Hall–Kier alpha value is -2.99. The van der Waals surface area contributed by atoms with Crippen LogP contribution in [0.5, 0.6) is 0 Å². The summed E-state index contributed by atoms with van der Waals surface area (Å²) in [6, 6.07) is 15.3. The first-order valence-electron chi connectivity index (χ1n) is 9.21. The highest BCUT2D eigenvalue weighted by molar-refractivity contribution is 6.30. The number of nitrogens with one attached hydrogen (secondary N) is 1. The average molecular weight is 397 g/mol. The Balaban J connectivity index is 1.32. The predicted molar refractivity (Wildman–Crippen MR) is 110 cm³/mol. The van der Waals surface area contributed by atoms with Gasteiger partial charge in [-0.05, 0) is 42.5 Å². The summed E-state index contributed by atoms with van der Waals surface area (Å²) >= 11 is 6.10. The Bertz CT molecular complexity index is 920. The van der Waals surface area contributed by atoms with Crippen molar-refractivity contribution >= 4 is 28.9 Å². The van der Waals surface area contributed by atoms with Crippen LogP contribution in [0.15, 0.2) is 65.4 Å². The molecule has 28 heavy (non-hydrogen) atoms. The fraction of sp³-hybridized carbons (Fsp3) is 0.238. The normalized spacial score (nSPS) is 14.2. The minimum absolute atomic E-state index is 0.214. The lowest BCUT2D eigenvalue weighted by atomic mass is 10.2. The number of hydrogen-bond donors (Lipinski definition) is 1. The van der Waals surface area contributed by atoms with Crippen molar-refractivity contribution < 1.29 is 9.21 Å². The van der Waals surface area contributed by atoms with E-state index in [2.05, 4.69) is 26.2 Å². The van der Waals surface area contributed by atoms with Gasteiger partial charge in [-0.15, -0.1) is 0 Å². The molecule has 0 atom stereocenters. The molecule has 0 aliphatic carbocycles. The van der Waals surface area contributed by atoms with Gasteiger partial charge in [0.15, 0.2) is 0 Å². The van der Waals surface area contributed by atoms with Crippen molar-refractivity contribution in [2.75, 3.05) is 36.0 Å². The van der Waals surface area contributed by atoms with E-state index >= 15 is 0 Å². The van der Waals surface area contributed by atoms with E-state index in [1.54, 1.807) is 24.6 Å². The third-order valence-corrected chi connectivity index (χ3v) is 5.04. The van der Waals surface area contributed by atoms with Crippen LogP contribution < -0.4 is 15.1 Å². The molecule has 1 aromatic carbocycles. The Morgan fingerprint density at radius 1 is 1.04 bits per heavy atom. The van der Waals surface area contributed by atoms with E-state index in [9.17, 15) is 4.79 Å². The van der Waals surface area contributed by atoms with Crippen LogP contribution in [0, 0.1) is 0 Å². The zero-order chi connectivity index (χ0) is 19.3. The summed E-state index contributed by atoms with van der Waals surface area (Å²) < 4.78 is 5.21. The van der Waals surface area contributed by atoms with Crippen molar-refractivity contribution in [2.45, 2.75) is 6.54 Å². The van der Waals surface area contributed by atoms with E-state index in [1.807, 2.05) is 30.3 Å². The number of piperazine rings is 1. The fourth-order valence-corrected chi connectivity index (χ4v) is 3.46. The van der Waals surface area contributed by atoms with Gasteiger partial charge in [0.05, 0.1) is 24.7 Å². The highest BCUT2D eigenvalue weighted by Gasteiger charge is 2.18. The Morgan fingerprint density at radius 3 is 2.46 bits per heavy atom. The van der Waals surface area contributed by atoms with Gasteiger partial charge in [-0.3, -0.25) is 4.79 Å². The zero-order valence-electron chi connectivity index (χ0n) is 15.3. The first kappa shape index (κ1) is 18.4. The van der Waals surface area contributed by atoms with Gasteiger partial charge in [0.25, 0.3) is 5.91 Å². The average Bonchev–Trinajstić information content (AvgIpc) is 3.26. The quantitative estimate of drug-likeness (QED) is 0.714. The third kappa shape index (κ3) is 4.28. The number of furan rings is 1. The van der Waals surface area contributed by atoms with Crippen LogP contribution in [0.2, 0.25) is 5.02 Å². The number of halogens is 1. The van der Waals surface area contributed by atoms with Crippen LogP contribution in [0.3, 0.4) is 0 Å². The van der Waals surface area contributed by atoms with Gasteiger partial charge in [0.1, 0.15) is 11.5 Å². The monoisotopic (exact) mass is 396 g/mol. The first-order valence-corrected chi connectivity index (χ1v) is 9.59. The molecule has 1 saturated heterocycles. The summed E-state index contributed by atoms with van der Waals surface area (Å²) in [4.78, 5) is 21.1. The lowest BCUT2D eigenvalue weighted by Gasteiger charge is -2.37. The summed E-state index contributed by atoms with van der Waals surface area (Å²) in [6.07, 6.45) is 3.34. The molecule has 1 N–H and O–H groups in total. The molecule has 0 spiro atoms. The zero-order valence-corrected chi connectivity index (χ0v) is 16.1. The molecule has 7 heteroatoms. The highest BCUT2D eigenvalue weighted by atomic mass is 35.5. The first-order chi connectivity index (χ1) is 13.7. The van der Waals surface area contributed by atoms with E-state index in [0.717, 1.165) is 42.6 Å².